The van der Waals surface area contributed by atoms with Crippen molar-refractivity contribution < 1.29 is 33.5 Å². The lowest BCUT2D eigenvalue weighted by Gasteiger charge is -2.24. The summed E-state index contributed by atoms with van der Waals surface area (Å²) in [6, 6.07) is 28.1. The fourth-order valence-corrected chi connectivity index (χ4v) is 7.54. The maximum Gasteiger partial charge on any atom is 0.365 e. The highest BCUT2D eigenvalue weighted by Crippen LogP contribution is 2.42. The summed E-state index contributed by atoms with van der Waals surface area (Å²) in [7, 11) is 0. The van der Waals surface area contributed by atoms with E-state index in [-0.39, 0.29) is 35.6 Å². The van der Waals surface area contributed by atoms with Crippen molar-refractivity contribution >= 4 is 46.8 Å². The molecule has 1 heterocycles. The zero-order valence-corrected chi connectivity index (χ0v) is 31.3. The lowest BCUT2D eigenvalue weighted by molar-refractivity contribution is -0.118. The van der Waals surface area contributed by atoms with Crippen molar-refractivity contribution in [3.8, 4) is 0 Å². The molecule has 2 unspecified atom stereocenters. The summed E-state index contributed by atoms with van der Waals surface area (Å²) in [5, 5.41) is 4.04. The molecule has 0 aromatic heterocycles. The minimum absolute atomic E-state index is 0.0199. The molecular formula is C44H45NO7S. The molecule has 4 aromatic rings. The van der Waals surface area contributed by atoms with Gasteiger partial charge in [0.2, 0.25) is 5.78 Å². The first kappa shape index (κ1) is 39.1. The van der Waals surface area contributed by atoms with Crippen molar-refractivity contribution in [1.29, 1.82) is 0 Å². The van der Waals surface area contributed by atoms with Crippen molar-refractivity contribution in [3.05, 3.63) is 130 Å². The molecule has 0 N–H and O–H groups in total. The number of benzene rings is 4. The van der Waals surface area contributed by atoms with Gasteiger partial charge in [0.05, 0.1) is 17.0 Å². The average Bonchev–Trinajstić information content (AvgIpc) is 3.17. The van der Waals surface area contributed by atoms with E-state index in [4.69, 9.17) is 9.57 Å². The first-order valence-electron chi connectivity index (χ1n) is 18.3. The summed E-state index contributed by atoms with van der Waals surface area (Å²) in [6.45, 7) is 5.62. The van der Waals surface area contributed by atoms with E-state index in [1.165, 1.54) is 11.8 Å². The molecule has 1 aliphatic heterocycles. The minimum Gasteiger partial charge on any atom is -0.461 e. The highest BCUT2D eigenvalue weighted by atomic mass is 32.2. The third-order valence-electron chi connectivity index (χ3n) is 9.40. The summed E-state index contributed by atoms with van der Waals surface area (Å²) < 4.78 is 5.63. The van der Waals surface area contributed by atoms with Gasteiger partial charge in [0.1, 0.15) is 18.1 Å². The van der Waals surface area contributed by atoms with Crippen LogP contribution in [0.3, 0.4) is 0 Å². The van der Waals surface area contributed by atoms with Gasteiger partial charge >= 0.3 is 11.9 Å². The van der Waals surface area contributed by atoms with Crippen LogP contribution in [0.4, 0.5) is 0 Å². The van der Waals surface area contributed by atoms with Crippen LogP contribution in [0.15, 0.2) is 112 Å². The Labute approximate surface area is 315 Å². The summed E-state index contributed by atoms with van der Waals surface area (Å²) >= 11 is 1.42. The first-order valence-corrected chi connectivity index (χ1v) is 19.1. The minimum atomic E-state index is -0.654. The molecular weight excluding hydrogens is 687 g/mol. The topological polar surface area (TPSA) is 116 Å². The lowest BCUT2D eigenvalue weighted by atomic mass is 9.87. The van der Waals surface area contributed by atoms with E-state index in [0.29, 0.717) is 54.4 Å². The number of unbranched alkanes of at least 4 members (excludes halogenated alkanes) is 2. The number of rotatable bonds is 16. The second kappa shape index (κ2) is 19.1. The summed E-state index contributed by atoms with van der Waals surface area (Å²) in [4.78, 5) is 73.0. The zero-order valence-electron chi connectivity index (χ0n) is 30.5. The molecule has 5 rings (SSSR count). The zero-order chi connectivity index (χ0) is 37.7. The van der Waals surface area contributed by atoms with Gasteiger partial charge in [0.15, 0.2) is 5.78 Å². The molecule has 4 aromatic carbocycles. The van der Waals surface area contributed by atoms with Gasteiger partial charge in [-0.05, 0) is 86.6 Å². The second-order valence-electron chi connectivity index (χ2n) is 13.3. The Kier molecular flexibility index (Phi) is 14.1. The molecule has 8 nitrogen and oxygen atoms in total. The van der Waals surface area contributed by atoms with Crippen LogP contribution in [0.5, 0.6) is 0 Å². The van der Waals surface area contributed by atoms with Gasteiger partial charge < -0.3 is 9.57 Å². The fourth-order valence-electron chi connectivity index (χ4n) is 6.30. The van der Waals surface area contributed by atoms with Gasteiger partial charge in [-0.2, -0.15) is 0 Å². The van der Waals surface area contributed by atoms with E-state index in [0.717, 1.165) is 40.2 Å². The second-order valence-corrected chi connectivity index (χ2v) is 14.3. The van der Waals surface area contributed by atoms with Crippen LogP contribution >= 0.6 is 11.8 Å². The lowest BCUT2D eigenvalue weighted by Crippen LogP contribution is -2.23. The predicted molar refractivity (Wildman–Crippen MR) is 206 cm³/mol. The summed E-state index contributed by atoms with van der Waals surface area (Å²) in [5.41, 5.74) is 3.58. The number of hydrogen-bond acceptors (Lipinski definition) is 9. The van der Waals surface area contributed by atoms with E-state index in [9.17, 15) is 24.0 Å². The van der Waals surface area contributed by atoms with E-state index < -0.39 is 17.9 Å². The fraction of sp³-hybridized carbons (Fsp3) is 0.318. The monoisotopic (exact) mass is 731 g/mol. The number of aryl methyl sites for hydroxylation is 1. The van der Waals surface area contributed by atoms with Gasteiger partial charge in [0.25, 0.3) is 0 Å². The van der Waals surface area contributed by atoms with Crippen LogP contribution in [-0.2, 0) is 20.8 Å². The number of carbonyl (C=O) groups is 5. The number of Topliss-reactive ketones (excluding diaryl/α,β-unsaturated/α-hetero) is 3. The van der Waals surface area contributed by atoms with Crippen LogP contribution in [-0.4, -0.2) is 41.6 Å². The Morgan fingerprint density at radius 3 is 2.06 bits per heavy atom. The Balaban J connectivity index is 1.43. The first-order chi connectivity index (χ1) is 25.7. The highest BCUT2D eigenvalue weighted by molar-refractivity contribution is 7.99. The van der Waals surface area contributed by atoms with Crippen molar-refractivity contribution in [1.82, 2.24) is 0 Å². The number of hydrogen-bond donors (Lipinski definition) is 0. The van der Waals surface area contributed by atoms with Crippen molar-refractivity contribution in [2.24, 2.45) is 11.1 Å². The molecule has 0 spiro atoms. The molecule has 2 atom stereocenters. The number of nitrogens with zero attached hydrogens (tertiary/aromatic N) is 1. The Morgan fingerprint density at radius 2 is 1.40 bits per heavy atom. The normalized spacial score (nSPS) is 14.5. The van der Waals surface area contributed by atoms with Crippen LogP contribution in [0, 0.1) is 5.92 Å². The maximum atomic E-state index is 14.0. The third kappa shape index (κ3) is 10.3. The van der Waals surface area contributed by atoms with E-state index in [1.54, 1.807) is 73.7 Å². The third-order valence-corrected chi connectivity index (χ3v) is 10.6. The van der Waals surface area contributed by atoms with Crippen LogP contribution in [0.1, 0.15) is 124 Å². The van der Waals surface area contributed by atoms with Gasteiger partial charge in [-0.1, -0.05) is 111 Å². The molecule has 1 aliphatic rings. The molecule has 0 amide bonds. The average molecular weight is 732 g/mol. The Morgan fingerprint density at radius 1 is 0.755 bits per heavy atom. The van der Waals surface area contributed by atoms with Crippen LogP contribution in [0.25, 0.3) is 0 Å². The molecule has 9 heteroatoms. The molecule has 274 valence electrons. The predicted octanol–water partition coefficient (Wildman–Crippen LogP) is 9.89. The molecule has 0 saturated heterocycles. The molecule has 0 radical (unpaired) electrons. The number of fused-ring (bicyclic) bond motifs is 2. The number of esters is 1. The summed E-state index contributed by atoms with van der Waals surface area (Å²) in [6.07, 6.45) is 5.31. The van der Waals surface area contributed by atoms with E-state index >= 15 is 0 Å². The van der Waals surface area contributed by atoms with Gasteiger partial charge in [0, 0.05) is 26.8 Å². The van der Waals surface area contributed by atoms with E-state index in [1.807, 2.05) is 37.3 Å². The SMILES string of the molecule is CCCC/C(=N\OC(=O)c1ccccc1)C(=O)c1ccc2c(c1)Sc1cc(C(=O)C(CCCC)COC(=O)c3ccccc3)ccc1CCC2C(C)=O. The van der Waals surface area contributed by atoms with Crippen molar-refractivity contribution in [2.45, 2.75) is 87.8 Å². The molecule has 0 aliphatic carbocycles. The Hall–Kier alpha value is -5.15. The Bertz CT molecular complexity index is 1970. The largest absolute Gasteiger partial charge is 0.461 e. The smallest absolute Gasteiger partial charge is 0.365 e. The number of oxime groups is 1. The van der Waals surface area contributed by atoms with Crippen molar-refractivity contribution in [3.63, 3.8) is 0 Å². The maximum absolute atomic E-state index is 14.0. The van der Waals surface area contributed by atoms with Gasteiger partial charge in [-0.15, -0.1) is 0 Å². The molecule has 0 saturated carbocycles. The number of ketones is 3. The number of carbonyl (C=O) groups excluding carboxylic acids is 5. The van der Waals surface area contributed by atoms with Crippen molar-refractivity contribution in [2.75, 3.05) is 6.61 Å². The van der Waals surface area contributed by atoms with Gasteiger partial charge in [-0.3, -0.25) is 14.4 Å². The molecule has 53 heavy (non-hydrogen) atoms. The molecule has 0 bridgehead atoms. The molecule has 0 fully saturated rings. The standard InChI is InChI=1S/C44H45NO7S/c1-4-6-14-35(28-51-43(49)31-15-10-8-11-16-31)41(47)33-21-20-30-22-24-36(29(3)46)37-25-23-34(27-40(37)53-39(30)26-33)42(48)38(19-7-5-2)45-52-44(50)32-17-12-9-13-18-32/h8-13,15-18,20-21,23,25-27,35-36H,4-7,14,19,22,24,28H2,1-3H3/b45-38+. The van der Waals surface area contributed by atoms with E-state index in [2.05, 4.69) is 12.1 Å². The quantitative estimate of drug-likeness (QED) is 0.0368. The van der Waals surface area contributed by atoms with Crippen LogP contribution < -0.4 is 0 Å². The number of ether oxygens (including phenoxy) is 1. The van der Waals surface area contributed by atoms with Crippen LogP contribution in [0.2, 0.25) is 0 Å². The van der Waals surface area contributed by atoms with Gasteiger partial charge in [-0.25, -0.2) is 9.59 Å². The highest BCUT2D eigenvalue weighted by Gasteiger charge is 2.28. The summed E-state index contributed by atoms with van der Waals surface area (Å²) in [5.74, 6) is -2.42.